The molecule has 0 aliphatic rings. The number of alkyl halides is 4. The second-order valence-corrected chi connectivity index (χ2v) is 3.75. The highest BCUT2D eigenvalue weighted by Gasteiger charge is 2.34. The molecule has 0 saturated heterocycles. The number of rotatable bonds is 6. The Hall–Kier alpha value is -2.06. The van der Waals surface area contributed by atoms with Gasteiger partial charge in [-0.05, 0) is 6.92 Å². The van der Waals surface area contributed by atoms with Crippen LogP contribution in [0.15, 0.2) is 6.20 Å². The van der Waals surface area contributed by atoms with Gasteiger partial charge in [0.05, 0.1) is 26.3 Å². The van der Waals surface area contributed by atoms with Gasteiger partial charge in [-0.2, -0.15) is 0 Å². The third kappa shape index (κ3) is 4.76. The Labute approximate surface area is 117 Å². The molecule has 0 bridgehead atoms. The summed E-state index contributed by atoms with van der Waals surface area (Å²) in [7, 11) is 1.20. The van der Waals surface area contributed by atoms with Gasteiger partial charge in [-0.25, -0.2) is 9.37 Å². The number of hydrogen-bond donors (Lipinski definition) is 0. The normalized spacial score (nSPS) is 11.1. The molecule has 1 heterocycles. The fraction of sp³-hybridized carbons (Fsp3) is 0.500. The van der Waals surface area contributed by atoms with Crippen molar-refractivity contribution in [1.82, 2.24) is 4.98 Å². The number of carbonyl (C=O) groups excluding carboxylic acids is 1. The van der Waals surface area contributed by atoms with E-state index in [-0.39, 0.29) is 23.5 Å². The zero-order chi connectivity index (χ0) is 16.0. The molecular formula is C12H13F4NO4. The molecule has 0 fully saturated rings. The standard InChI is InChI=1S/C12H13F4NO4/c1-3-20-10(18)4-7-8(5-13)9(19-2)6-17-11(7)21-12(14,15)16/h6H,3-5H2,1-2H3. The summed E-state index contributed by atoms with van der Waals surface area (Å²) in [5.41, 5.74) is -0.590. The van der Waals surface area contributed by atoms with Crippen LogP contribution in [0.25, 0.3) is 0 Å². The van der Waals surface area contributed by atoms with Crippen molar-refractivity contribution in [3.05, 3.63) is 17.3 Å². The van der Waals surface area contributed by atoms with E-state index in [0.717, 1.165) is 6.20 Å². The van der Waals surface area contributed by atoms with E-state index in [0.29, 0.717) is 0 Å². The summed E-state index contributed by atoms with van der Waals surface area (Å²) in [4.78, 5) is 14.9. The van der Waals surface area contributed by atoms with E-state index in [1.807, 2.05) is 0 Å². The number of halogens is 4. The number of nitrogens with zero attached hydrogens (tertiary/aromatic N) is 1. The second-order valence-electron chi connectivity index (χ2n) is 3.75. The topological polar surface area (TPSA) is 57.7 Å². The van der Waals surface area contributed by atoms with Gasteiger partial charge in [-0.1, -0.05) is 0 Å². The SMILES string of the molecule is CCOC(=O)Cc1c(OC(F)(F)F)ncc(OC)c1CF. The zero-order valence-corrected chi connectivity index (χ0v) is 11.3. The lowest BCUT2D eigenvalue weighted by Crippen LogP contribution is -2.21. The third-order valence-electron chi connectivity index (χ3n) is 2.41. The summed E-state index contributed by atoms with van der Waals surface area (Å²) in [6.07, 6.45) is -4.73. The highest BCUT2D eigenvalue weighted by Crippen LogP contribution is 2.32. The van der Waals surface area contributed by atoms with Crippen molar-refractivity contribution in [3.63, 3.8) is 0 Å². The van der Waals surface area contributed by atoms with E-state index >= 15 is 0 Å². The van der Waals surface area contributed by atoms with Crippen LogP contribution < -0.4 is 9.47 Å². The molecule has 0 atom stereocenters. The maximum Gasteiger partial charge on any atom is 0.574 e. The fourth-order valence-corrected chi connectivity index (χ4v) is 1.61. The van der Waals surface area contributed by atoms with Crippen LogP contribution in [0.1, 0.15) is 18.1 Å². The molecule has 1 rings (SSSR count). The molecule has 0 amide bonds. The highest BCUT2D eigenvalue weighted by molar-refractivity contribution is 5.74. The molecule has 0 aliphatic heterocycles. The minimum absolute atomic E-state index is 0.0383. The molecular weight excluding hydrogens is 298 g/mol. The first kappa shape index (κ1) is 17.0. The molecule has 0 aliphatic carbocycles. The quantitative estimate of drug-likeness (QED) is 0.597. The van der Waals surface area contributed by atoms with Gasteiger partial charge in [0.15, 0.2) is 0 Å². The van der Waals surface area contributed by atoms with Crippen molar-refractivity contribution in [2.24, 2.45) is 0 Å². The lowest BCUT2D eigenvalue weighted by atomic mass is 10.1. The minimum atomic E-state index is -5.02. The van der Waals surface area contributed by atoms with Crippen LogP contribution in [0.2, 0.25) is 0 Å². The van der Waals surface area contributed by atoms with Gasteiger partial charge >= 0.3 is 12.3 Å². The van der Waals surface area contributed by atoms with Crippen molar-refractivity contribution in [2.45, 2.75) is 26.4 Å². The third-order valence-corrected chi connectivity index (χ3v) is 2.41. The van der Waals surface area contributed by atoms with Gasteiger partial charge in [0, 0.05) is 11.1 Å². The number of hydrogen-bond acceptors (Lipinski definition) is 5. The van der Waals surface area contributed by atoms with Crippen LogP contribution in [0, 0.1) is 0 Å². The molecule has 0 aromatic carbocycles. The summed E-state index contributed by atoms with van der Waals surface area (Å²) >= 11 is 0. The summed E-state index contributed by atoms with van der Waals surface area (Å²) < 4.78 is 63.2. The van der Waals surface area contributed by atoms with Crippen molar-refractivity contribution in [3.8, 4) is 11.6 Å². The van der Waals surface area contributed by atoms with Gasteiger partial charge in [0.1, 0.15) is 12.4 Å². The Morgan fingerprint density at radius 1 is 1.33 bits per heavy atom. The van der Waals surface area contributed by atoms with Crippen molar-refractivity contribution in [2.75, 3.05) is 13.7 Å². The average molecular weight is 311 g/mol. The molecule has 0 N–H and O–H groups in total. The summed E-state index contributed by atoms with van der Waals surface area (Å²) in [5.74, 6) is -1.80. The summed E-state index contributed by atoms with van der Waals surface area (Å²) in [6, 6.07) is 0. The summed E-state index contributed by atoms with van der Waals surface area (Å²) in [5, 5.41) is 0. The maximum atomic E-state index is 13.1. The Balaban J connectivity index is 3.26. The van der Waals surface area contributed by atoms with Crippen LogP contribution in [-0.2, 0) is 22.6 Å². The molecule has 0 saturated carbocycles. The predicted molar refractivity (Wildman–Crippen MR) is 62.6 cm³/mol. The van der Waals surface area contributed by atoms with E-state index in [9.17, 15) is 22.4 Å². The van der Waals surface area contributed by atoms with Gasteiger partial charge in [0.25, 0.3) is 0 Å². The molecule has 0 radical (unpaired) electrons. The van der Waals surface area contributed by atoms with Crippen LogP contribution in [0.4, 0.5) is 17.6 Å². The molecule has 5 nitrogen and oxygen atoms in total. The van der Waals surface area contributed by atoms with Gasteiger partial charge in [-0.3, -0.25) is 4.79 Å². The van der Waals surface area contributed by atoms with E-state index in [1.54, 1.807) is 0 Å². The largest absolute Gasteiger partial charge is 0.574 e. The maximum absolute atomic E-state index is 13.1. The monoisotopic (exact) mass is 311 g/mol. The number of pyridine rings is 1. The number of aromatic nitrogens is 1. The van der Waals surface area contributed by atoms with Crippen LogP contribution in [0.5, 0.6) is 11.6 Å². The molecule has 0 spiro atoms. The van der Waals surface area contributed by atoms with E-state index < -0.39 is 31.3 Å². The average Bonchev–Trinajstić information content (AvgIpc) is 2.39. The fourth-order valence-electron chi connectivity index (χ4n) is 1.61. The Kier molecular flexibility index (Phi) is 5.74. The van der Waals surface area contributed by atoms with E-state index in [2.05, 4.69) is 14.5 Å². The molecule has 21 heavy (non-hydrogen) atoms. The van der Waals surface area contributed by atoms with E-state index in [4.69, 9.17) is 4.74 Å². The van der Waals surface area contributed by atoms with Gasteiger partial charge in [0.2, 0.25) is 5.88 Å². The predicted octanol–water partition coefficient (Wildman–Crippen LogP) is 2.56. The van der Waals surface area contributed by atoms with E-state index in [1.165, 1.54) is 14.0 Å². The van der Waals surface area contributed by atoms with Crippen molar-refractivity contribution in [1.29, 1.82) is 0 Å². The Morgan fingerprint density at radius 3 is 2.48 bits per heavy atom. The van der Waals surface area contributed by atoms with Crippen LogP contribution >= 0.6 is 0 Å². The first-order chi connectivity index (χ1) is 9.82. The Morgan fingerprint density at radius 2 is 2.00 bits per heavy atom. The lowest BCUT2D eigenvalue weighted by Gasteiger charge is -2.16. The minimum Gasteiger partial charge on any atom is -0.495 e. The molecule has 9 heteroatoms. The van der Waals surface area contributed by atoms with Crippen molar-refractivity contribution >= 4 is 5.97 Å². The first-order valence-electron chi connectivity index (χ1n) is 5.84. The smallest absolute Gasteiger partial charge is 0.495 e. The molecule has 0 unspecified atom stereocenters. The first-order valence-corrected chi connectivity index (χ1v) is 5.84. The zero-order valence-electron chi connectivity index (χ0n) is 11.3. The molecule has 118 valence electrons. The lowest BCUT2D eigenvalue weighted by molar-refractivity contribution is -0.276. The number of ether oxygens (including phenoxy) is 3. The van der Waals surface area contributed by atoms with Crippen molar-refractivity contribution < 1.29 is 36.6 Å². The van der Waals surface area contributed by atoms with Crippen LogP contribution in [-0.4, -0.2) is 31.0 Å². The summed E-state index contributed by atoms with van der Waals surface area (Å²) in [6.45, 7) is 0.427. The Bertz CT molecular complexity index is 505. The highest BCUT2D eigenvalue weighted by atomic mass is 19.4. The molecule has 1 aromatic rings. The number of carbonyl (C=O) groups is 1. The number of esters is 1. The second kappa shape index (κ2) is 7.09. The van der Waals surface area contributed by atoms with Crippen LogP contribution in [0.3, 0.4) is 0 Å². The van der Waals surface area contributed by atoms with Gasteiger partial charge in [-0.15, -0.1) is 13.2 Å². The van der Waals surface area contributed by atoms with Gasteiger partial charge < -0.3 is 14.2 Å². The number of methoxy groups -OCH3 is 1. The molecule has 1 aromatic heterocycles.